The van der Waals surface area contributed by atoms with E-state index < -0.39 is 10.0 Å². The Kier molecular flexibility index (Phi) is 6.41. The van der Waals surface area contributed by atoms with Crippen LogP contribution in [0.5, 0.6) is 0 Å². The van der Waals surface area contributed by atoms with Crippen LogP contribution in [0.3, 0.4) is 0 Å². The molecule has 1 heterocycles. The zero-order chi connectivity index (χ0) is 16.7. The van der Waals surface area contributed by atoms with Crippen LogP contribution in [0.15, 0.2) is 24.3 Å². The molecular weight excluding hydrogens is 314 g/mol. The molecule has 23 heavy (non-hydrogen) atoms. The molecule has 0 radical (unpaired) electrons. The summed E-state index contributed by atoms with van der Waals surface area (Å²) in [6.45, 7) is 3.86. The van der Waals surface area contributed by atoms with Crippen LogP contribution in [0, 0.1) is 5.92 Å². The Hall–Kier alpha value is -1.60. The number of benzene rings is 1. The zero-order valence-electron chi connectivity index (χ0n) is 13.5. The Balaban J connectivity index is 1.80. The lowest BCUT2D eigenvalue weighted by Crippen LogP contribution is -2.16. The molecule has 1 saturated heterocycles. The Morgan fingerprint density at radius 1 is 1.26 bits per heavy atom. The van der Waals surface area contributed by atoms with Crippen LogP contribution in [0.4, 0.5) is 11.4 Å². The zero-order valence-corrected chi connectivity index (χ0v) is 14.3. The maximum atomic E-state index is 11.9. The van der Waals surface area contributed by atoms with E-state index in [-0.39, 0.29) is 11.7 Å². The van der Waals surface area contributed by atoms with Gasteiger partial charge in [-0.2, -0.15) is 0 Å². The number of carbonyl (C=O) groups is 1. The van der Waals surface area contributed by atoms with E-state index in [0.717, 1.165) is 25.9 Å². The van der Waals surface area contributed by atoms with Crippen molar-refractivity contribution in [3.05, 3.63) is 24.3 Å². The molecule has 1 aromatic rings. The average Bonchev–Trinajstić information content (AvgIpc) is 3.00. The van der Waals surface area contributed by atoms with E-state index in [0.29, 0.717) is 30.1 Å². The number of nitrogens with one attached hydrogen (secondary N) is 3. The van der Waals surface area contributed by atoms with E-state index in [2.05, 4.69) is 15.4 Å². The fourth-order valence-electron chi connectivity index (χ4n) is 2.64. The number of carbonyl (C=O) groups excluding carboxylic acids is 1. The number of amides is 1. The van der Waals surface area contributed by atoms with Crippen LogP contribution in [0.2, 0.25) is 0 Å². The van der Waals surface area contributed by atoms with Crippen molar-refractivity contribution in [2.45, 2.75) is 32.6 Å². The standard InChI is InChI=1S/C16H25N3O3S/c1-2-11-23(21,22)19-15-6-4-14(5-7-15)18-16(20)8-3-13-9-10-17-12-13/h4-7,13,17,19H,2-3,8-12H2,1H3,(H,18,20). The number of hydrogen-bond donors (Lipinski definition) is 3. The smallest absolute Gasteiger partial charge is 0.232 e. The molecule has 2 rings (SSSR count). The van der Waals surface area contributed by atoms with Gasteiger partial charge in [-0.3, -0.25) is 9.52 Å². The summed E-state index contributed by atoms with van der Waals surface area (Å²) in [7, 11) is -3.28. The minimum Gasteiger partial charge on any atom is -0.326 e. The first kappa shape index (κ1) is 17.7. The van der Waals surface area contributed by atoms with Gasteiger partial charge in [0.05, 0.1) is 5.75 Å². The van der Waals surface area contributed by atoms with Crippen molar-refractivity contribution in [3.63, 3.8) is 0 Å². The number of sulfonamides is 1. The highest BCUT2D eigenvalue weighted by atomic mass is 32.2. The summed E-state index contributed by atoms with van der Waals surface area (Å²) in [5.41, 5.74) is 1.19. The Labute approximate surface area is 138 Å². The lowest BCUT2D eigenvalue weighted by molar-refractivity contribution is -0.116. The first-order chi connectivity index (χ1) is 11.0. The van der Waals surface area contributed by atoms with Crippen LogP contribution in [-0.4, -0.2) is 33.2 Å². The van der Waals surface area contributed by atoms with Gasteiger partial charge >= 0.3 is 0 Å². The number of hydrogen-bond acceptors (Lipinski definition) is 4. The molecule has 1 aromatic carbocycles. The predicted molar refractivity (Wildman–Crippen MR) is 93.0 cm³/mol. The second-order valence-corrected chi connectivity index (χ2v) is 7.79. The second-order valence-electron chi connectivity index (χ2n) is 5.94. The molecule has 1 aliphatic rings. The first-order valence-electron chi connectivity index (χ1n) is 8.09. The van der Waals surface area contributed by atoms with Crippen molar-refractivity contribution in [2.75, 3.05) is 28.9 Å². The lowest BCUT2D eigenvalue weighted by atomic mass is 10.0. The second kappa shape index (κ2) is 8.31. The molecule has 1 aliphatic heterocycles. The van der Waals surface area contributed by atoms with Crippen LogP contribution in [-0.2, 0) is 14.8 Å². The number of rotatable bonds is 8. The quantitative estimate of drug-likeness (QED) is 0.677. The highest BCUT2D eigenvalue weighted by Gasteiger charge is 2.15. The third kappa shape index (κ3) is 6.19. The van der Waals surface area contributed by atoms with Gasteiger partial charge in [0.25, 0.3) is 0 Å². The summed E-state index contributed by atoms with van der Waals surface area (Å²) in [6.07, 6.45) is 3.12. The Bertz CT molecular complexity index is 608. The molecule has 0 spiro atoms. The number of anilines is 2. The van der Waals surface area contributed by atoms with Crippen LogP contribution in [0.25, 0.3) is 0 Å². The summed E-state index contributed by atoms with van der Waals surface area (Å²) < 4.78 is 25.9. The maximum absolute atomic E-state index is 11.9. The van der Waals surface area contributed by atoms with Crippen LogP contribution < -0.4 is 15.4 Å². The van der Waals surface area contributed by atoms with Crippen LogP contribution >= 0.6 is 0 Å². The SMILES string of the molecule is CCCS(=O)(=O)Nc1ccc(NC(=O)CCC2CCNC2)cc1. The van der Waals surface area contributed by atoms with Gasteiger partial charge in [0.1, 0.15) is 0 Å². The fraction of sp³-hybridized carbons (Fsp3) is 0.562. The molecule has 3 N–H and O–H groups in total. The minimum absolute atomic E-state index is 0.00351. The van der Waals surface area contributed by atoms with E-state index in [9.17, 15) is 13.2 Å². The summed E-state index contributed by atoms with van der Waals surface area (Å²) >= 11 is 0. The fourth-order valence-corrected chi connectivity index (χ4v) is 3.78. The van der Waals surface area contributed by atoms with Gasteiger partial charge in [-0.25, -0.2) is 8.42 Å². The van der Waals surface area contributed by atoms with E-state index in [1.165, 1.54) is 0 Å². The minimum atomic E-state index is -3.28. The maximum Gasteiger partial charge on any atom is 0.232 e. The first-order valence-corrected chi connectivity index (χ1v) is 9.75. The third-order valence-electron chi connectivity index (χ3n) is 3.86. The highest BCUT2D eigenvalue weighted by molar-refractivity contribution is 7.92. The van der Waals surface area contributed by atoms with Crippen molar-refractivity contribution in [2.24, 2.45) is 5.92 Å². The molecule has 6 nitrogen and oxygen atoms in total. The largest absolute Gasteiger partial charge is 0.326 e. The third-order valence-corrected chi connectivity index (χ3v) is 5.35. The normalized spacial score (nSPS) is 17.9. The topological polar surface area (TPSA) is 87.3 Å². The van der Waals surface area contributed by atoms with Gasteiger partial charge in [0.2, 0.25) is 15.9 Å². The van der Waals surface area contributed by atoms with E-state index in [4.69, 9.17) is 0 Å². The molecule has 1 unspecified atom stereocenters. The molecule has 0 saturated carbocycles. The van der Waals surface area contributed by atoms with E-state index in [1.54, 1.807) is 24.3 Å². The lowest BCUT2D eigenvalue weighted by Gasteiger charge is -2.10. The molecule has 1 amide bonds. The van der Waals surface area contributed by atoms with Gasteiger partial charge in [-0.05, 0) is 62.5 Å². The van der Waals surface area contributed by atoms with Crippen LogP contribution in [0.1, 0.15) is 32.6 Å². The molecule has 0 aromatic heterocycles. The monoisotopic (exact) mass is 339 g/mol. The molecule has 128 valence electrons. The molecule has 1 fully saturated rings. The van der Waals surface area contributed by atoms with Gasteiger partial charge in [-0.15, -0.1) is 0 Å². The summed E-state index contributed by atoms with van der Waals surface area (Å²) in [5.74, 6) is 0.689. The van der Waals surface area contributed by atoms with Crippen molar-refractivity contribution in [1.82, 2.24) is 5.32 Å². The Morgan fingerprint density at radius 3 is 2.57 bits per heavy atom. The van der Waals surface area contributed by atoms with Crippen molar-refractivity contribution < 1.29 is 13.2 Å². The molecular formula is C16H25N3O3S. The average molecular weight is 339 g/mol. The summed E-state index contributed by atoms with van der Waals surface area (Å²) in [4.78, 5) is 11.9. The van der Waals surface area contributed by atoms with Crippen molar-refractivity contribution >= 4 is 27.3 Å². The van der Waals surface area contributed by atoms with Crippen molar-refractivity contribution in [1.29, 1.82) is 0 Å². The van der Waals surface area contributed by atoms with Gasteiger partial charge in [0.15, 0.2) is 0 Å². The molecule has 0 bridgehead atoms. The summed E-state index contributed by atoms with van der Waals surface area (Å²) in [6, 6.07) is 6.73. The molecule has 1 atom stereocenters. The molecule has 0 aliphatic carbocycles. The van der Waals surface area contributed by atoms with Gasteiger partial charge < -0.3 is 10.6 Å². The molecule has 7 heteroatoms. The van der Waals surface area contributed by atoms with Gasteiger partial charge in [0, 0.05) is 17.8 Å². The Morgan fingerprint density at radius 2 is 1.96 bits per heavy atom. The predicted octanol–water partition coefficient (Wildman–Crippen LogP) is 2.17. The summed E-state index contributed by atoms with van der Waals surface area (Å²) in [5, 5.41) is 6.14. The highest BCUT2D eigenvalue weighted by Crippen LogP contribution is 2.17. The van der Waals surface area contributed by atoms with Crippen molar-refractivity contribution in [3.8, 4) is 0 Å². The van der Waals surface area contributed by atoms with Gasteiger partial charge in [-0.1, -0.05) is 6.92 Å². The van der Waals surface area contributed by atoms with E-state index in [1.807, 2.05) is 6.92 Å². The van der Waals surface area contributed by atoms with E-state index >= 15 is 0 Å².